The number of rotatable bonds is 3. The number of fused-ring (bicyclic) bond motifs is 1. The molecule has 0 saturated carbocycles. The average molecular weight is 262 g/mol. The van der Waals surface area contributed by atoms with E-state index in [-0.39, 0.29) is 11.3 Å². The van der Waals surface area contributed by atoms with Gasteiger partial charge in [-0.1, -0.05) is 32.9 Å². The van der Waals surface area contributed by atoms with E-state index in [4.69, 9.17) is 0 Å². The number of aromatic nitrogens is 1. The van der Waals surface area contributed by atoms with Crippen LogP contribution in [0, 0.1) is 5.41 Å². The molecule has 18 heavy (non-hydrogen) atoms. The van der Waals surface area contributed by atoms with E-state index in [1.165, 1.54) is 4.70 Å². The lowest BCUT2D eigenvalue weighted by molar-refractivity contribution is -0.128. The maximum absolute atomic E-state index is 11.7. The van der Waals surface area contributed by atoms with Gasteiger partial charge in [-0.15, -0.1) is 11.3 Å². The first-order chi connectivity index (χ1) is 8.47. The van der Waals surface area contributed by atoms with Crippen molar-refractivity contribution in [1.82, 2.24) is 10.3 Å². The SMILES string of the molecule is CC(C)(C)C(=O)NCCc1nc2ccccc2s1. The molecule has 0 unspecified atom stereocenters. The molecule has 1 N–H and O–H groups in total. The molecule has 0 aliphatic carbocycles. The highest BCUT2D eigenvalue weighted by atomic mass is 32.1. The Hall–Kier alpha value is -1.42. The summed E-state index contributed by atoms with van der Waals surface area (Å²) in [7, 11) is 0. The van der Waals surface area contributed by atoms with Crippen molar-refractivity contribution >= 4 is 27.5 Å². The van der Waals surface area contributed by atoms with E-state index in [0.717, 1.165) is 16.9 Å². The summed E-state index contributed by atoms with van der Waals surface area (Å²) in [5.74, 6) is 0.0867. The van der Waals surface area contributed by atoms with Crippen LogP contribution in [0.15, 0.2) is 24.3 Å². The number of carbonyl (C=O) groups is 1. The molecule has 0 spiro atoms. The molecule has 2 aromatic rings. The van der Waals surface area contributed by atoms with Crippen LogP contribution in [-0.2, 0) is 11.2 Å². The maximum Gasteiger partial charge on any atom is 0.225 e. The minimum atomic E-state index is -0.326. The van der Waals surface area contributed by atoms with Gasteiger partial charge in [0.1, 0.15) is 0 Å². The first-order valence-corrected chi connectivity index (χ1v) is 6.91. The topological polar surface area (TPSA) is 42.0 Å². The Labute approximate surface area is 111 Å². The molecule has 0 fully saturated rings. The van der Waals surface area contributed by atoms with E-state index in [2.05, 4.69) is 16.4 Å². The summed E-state index contributed by atoms with van der Waals surface area (Å²) >= 11 is 1.69. The standard InChI is InChI=1S/C14H18N2OS/c1-14(2,3)13(17)15-9-8-12-16-10-6-4-5-7-11(10)18-12/h4-7H,8-9H2,1-3H3,(H,15,17). The van der Waals surface area contributed by atoms with E-state index >= 15 is 0 Å². The third-order valence-electron chi connectivity index (χ3n) is 2.64. The van der Waals surface area contributed by atoms with Crippen molar-refractivity contribution in [2.75, 3.05) is 6.54 Å². The molecule has 0 saturated heterocycles. The van der Waals surface area contributed by atoms with Gasteiger partial charge in [-0.3, -0.25) is 4.79 Å². The monoisotopic (exact) mass is 262 g/mol. The first kappa shape index (κ1) is 13.0. The lowest BCUT2D eigenvalue weighted by Gasteiger charge is -2.17. The lowest BCUT2D eigenvalue weighted by atomic mass is 9.96. The van der Waals surface area contributed by atoms with Gasteiger partial charge in [0.25, 0.3) is 0 Å². The zero-order valence-corrected chi connectivity index (χ0v) is 11.8. The Morgan fingerprint density at radius 2 is 2.06 bits per heavy atom. The Kier molecular flexibility index (Phi) is 3.66. The fourth-order valence-electron chi connectivity index (χ4n) is 1.57. The summed E-state index contributed by atoms with van der Waals surface area (Å²) in [5, 5.41) is 4.02. The zero-order valence-electron chi connectivity index (χ0n) is 11.0. The van der Waals surface area contributed by atoms with Crippen LogP contribution >= 0.6 is 11.3 Å². The number of para-hydroxylation sites is 1. The quantitative estimate of drug-likeness (QED) is 0.924. The predicted molar refractivity (Wildman–Crippen MR) is 75.8 cm³/mol. The molecule has 1 amide bonds. The van der Waals surface area contributed by atoms with Gasteiger partial charge in [-0.05, 0) is 12.1 Å². The van der Waals surface area contributed by atoms with Crippen LogP contribution in [0.25, 0.3) is 10.2 Å². The summed E-state index contributed by atoms with van der Waals surface area (Å²) < 4.78 is 1.20. The van der Waals surface area contributed by atoms with Crippen molar-refractivity contribution in [1.29, 1.82) is 0 Å². The molecule has 96 valence electrons. The van der Waals surface area contributed by atoms with Crippen LogP contribution in [0.5, 0.6) is 0 Å². The summed E-state index contributed by atoms with van der Waals surface area (Å²) in [5.41, 5.74) is 0.716. The van der Waals surface area contributed by atoms with E-state index in [1.54, 1.807) is 11.3 Å². The second kappa shape index (κ2) is 5.06. The molecule has 2 rings (SSSR count). The minimum absolute atomic E-state index is 0.0867. The molecule has 0 atom stereocenters. The average Bonchev–Trinajstić information content (AvgIpc) is 2.70. The van der Waals surface area contributed by atoms with Crippen molar-refractivity contribution < 1.29 is 4.79 Å². The summed E-state index contributed by atoms with van der Waals surface area (Å²) in [6, 6.07) is 8.10. The van der Waals surface area contributed by atoms with Crippen LogP contribution in [0.2, 0.25) is 0 Å². The Balaban J connectivity index is 1.93. The molecule has 4 heteroatoms. The highest BCUT2D eigenvalue weighted by Crippen LogP contribution is 2.21. The van der Waals surface area contributed by atoms with Gasteiger partial charge < -0.3 is 5.32 Å². The van der Waals surface area contributed by atoms with Crippen molar-refractivity contribution in [2.24, 2.45) is 5.41 Å². The van der Waals surface area contributed by atoms with Gasteiger partial charge in [0.05, 0.1) is 15.2 Å². The van der Waals surface area contributed by atoms with Crippen LogP contribution in [0.4, 0.5) is 0 Å². The number of thiazole rings is 1. The highest BCUT2D eigenvalue weighted by molar-refractivity contribution is 7.18. The number of carbonyl (C=O) groups excluding carboxylic acids is 1. The molecule has 3 nitrogen and oxygen atoms in total. The van der Waals surface area contributed by atoms with Crippen LogP contribution in [-0.4, -0.2) is 17.4 Å². The fourth-order valence-corrected chi connectivity index (χ4v) is 2.54. The molecule has 0 radical (unpaired) electrons. The molecular formula is C14H18N2OS. The van der Waals surface area contributed by atoms with Crippen LogP contribution < -0.4 is 5.32 Å². The molecule has 0 aliphatic rings. The lowest BCUT2D eigenvalue weighted by Crippen LogP contribution is -2.35. The Morgan fingerprint density at radius 1 is 1.33 bits per heavy atom. The molecule has 1 aromatic heterocycles. The van der Waals surface area contributed by atoms with E-state index in [1.807, 2.05) is 39.0 Å². The number of nitrogens with zero attached hydrogens (tertiary/aromatic N) is 1. The third kappa shape index (κ3) is 3.07. The first-order valence-electron chi connectivity index (χ1n) is 6.09. The third-order valence-corrected chi connectivity index (χ3v) is 3.74. The summed E-state index contributed by atoms with van der Waals surface area (Å²) in [4.78, 5) is 16.2. The number of benzene rings is 1. The van der Waals surface area contributed by atoms with Crippen molar-refractivity contribution in [3.05, 3.63) is 29.3 Å². The van der Waals surface area contributed by atoms with Crippen molar-refractivity contribution in [3.63, 3.8) is 0 Å². The second-order valence-electron chi connectivity index (χ2n) is 5.33. The number of amides is 1. The predicted octanol–water partition coefficient (Wildman–Crippen LogP) is 3.00. The van der Waals surface area contributed by atoms with E-state index in [0.29, 0.717) is 6.54 Å². The van der Waals surface area contributed by atoms with Gasteiger partial charge in [0.2, 0.25) is 5.91 Å². The highest BCUT2D eigenvalue weighted by Gasteiger charge is 2.20. The van der Waals surface area contributed by atoms with Gasteiger partial charge in [-0.2, -0.15) is 0 Å². The normalized spacial score (nSPS) is 11.7. The van der Waals surface area contributed by atoms with Gasteiger partial charge in [0.15, 0.2) is 0 Å². The van der Waals surface area contributed by atoms with Crippen LogP contribution in [0.3, 0.4) is 0 Å². The van der Waals surface area contributed by atoms with Crippen molar-refractivity contribution in [2.45, 2.75) is 27.2 Å². The number of hydrogen-bond acceptors (Lipinski definition) is 3. The van der Waals surface area contributed by atoms with Gasteiger partial charge >= 0.3 is 0 Å². The molecule has 0 aliphatic heterocycles. The van der Waals surface area contributed by atoms with Gasteiger partial charge in [0, 0.05) is 18.4 Å². The number of hydrogen-bond donors (Lipinski definition) is 1. The Bertz CT molecular complexity index is 521. The van der Waals surface area contributed by atoms with E-state index < -0.39 is 0 Å². The zero-order chi connectivity index (χ0) is 13.2. The van der Waals surface area contributed by atoms with Gasteiger partial charge in [-0.25, -0.2) is 4.98 Å². The summed E-state index contributed by atoms with van der Waals surface area (Å²) in [6.07, 6.45) is 0.793. The van der Waals surface area contributed by atoms with Crippen molar-refractivity contribution in [3.8, 4) is 0 Å². The van der Waals surface area contributed by atoms with E-state index in [9.17, 15) is 4.79 Å². The van der Waals surface area contributed by atoms with Crippen LogP contribution in [0.1, 0.15) is 25.8 Å². The fraction of sp³-hybridized carbons (Fsp3) is 0.429. The molecule has 1 aromatic carbocycles. The smallest absolute Gasteiger partial charge is 0.225 e. The molecule has 0 bridgehead atoms. The largest absolute Gasteiger partial charge is 0.355 e. The second-order valence-corrected chi connectivity index (χ2v) is 6.45. The molecular weight excluding hydrogens is 244 g/mol. The number of nitrogens with one attached hydrogen (secondary N) is 1. The Morgan fingerprint density at radius 3 is 2.72 bits per heavy atom. The maximum atomic E-state index is 11.7. The molecule has 1 heterocycles. The summed E-state index contributed by atoms with van der Waals surface area (Å²) in [6.45, 7) is 6.40. The minimum Gasteiger partial charge on any atom is -0.355 e.